The topological polar surface area (TPSA) is 87.3 Å². The van der Waals surface area contributed by atoms with Gasteiger partial charge in [0.05, 0.1) is 36.6 Å². The van der Waals surface area contributed by atoms with Crippen LogP contribution in [0.15, 0.2) is 60.7 Å². The predicted molar refractivity (Wildman–Crippen MR) is 169 cm³/mol. The summed E-state index contributed by atoms with van der Waals surface area (Å²) in [4.78, 5) is 13.6. The molecular formula is C36H37F3N2O6. The molecule has 47 heavy (non-hydrogen) atoms. The van der Waals surface area contributed by atoms with E-state index in [2.05, 4.69) is 31.9 Å². The van der Waals surface area contributed by atoms with Crippen molar-refractivity contribution in [3.63, 3.8) is 0 Å². The second-order valence-corrected chi connectivity index (χ2v) is 13.2. The number of rotatable bonds is 10. The Balaban J connectivity index is 1.21. The van der Waals surface area contributed by atoms with Gasteiger partial charge in [0.15, 0.2) is 17.3 Å². The molecule has 1 aliphatic carbocycles. The number of benzene rings is 3. The van der Waals surface area contributed by atoms with Crippen LogP contribution in [0.2, 0.25) is 0 Å². The Hall–Kier alpha value is -4.24. The number of amides is 1. The highest BCUT2D eigenvalue weighted by Crippen LogP contribution is 2.52. The molecule has 2 aliphatic heterocycles. The summed E-state index contributed by atoms with van der Waals surface area (Å²) in [6.45, 7) is 9.08. The standard InChI is InChI=1S/C36H37F3N2O6/c1-33(2,22-43-20-23-8-6-5-7-9-23)13-12-24-16-29(27(37)18-28(24)40-19-26-21-44-34(3,4)45-26)41-32(42)35(14-15-35)25-10-11-30-31(17-25)47-36(38,39)46-30/h5-11,16-18,26,40H,14-15,19-22H2,1-4H3,(H,41,42). The summed E-state index contributed by atoms with van der Waals surface area (Å²) in [5.74, 6) is 4.32. The van der Waals surface area contributed by atoms with Gasteiger partial charge in [-0.3, -0.25) is 4.79 Å². The van der Waals surface area contributed by atoms with Gasteiger partial charge in [0, 0.05) is 23.6 Å². The van der Waals surface area contributed by atoms with Crippen LogP contribution < -0.4 is 20.1 Å². The number of fused-ring (bicyclic) bond motifs is 1. The van der Waals surface area contributed by atoms with Crippen LogP contribution >= 0.6 is 0 Å². The molecule has 1 saturated heterocycles. The van der Waals surface area contributed by atoms with Crippen LogP contribution in [-0.2, 0) is 31.0 Å². The number of carbonyl (C=O) groups is 1. The molecular weight excluding hydrogens is 613 g/mol. The Morgan fingerprint density at radius 3 is 2.47 bits per heavy atom. The average Bonchev–Trinajstić information content (AvgIpc) is 3.66. The molecule has 0 bridgehead atoms. The fraction of sp³-hybridized carbons (Fsp3) is 0.417. The fourth-order valence-electron chi connectivity index (χ4n) is 5.54. The Labute approximate surface area is 271 Å². The van der Waals surface area contributed by atoms with Crippen molar-refractivity contribution in [3.05, 3.63) is 83.2 Å². The first-order chi connectivity index (χ1) is 22.2. The van der Waals surface area contributed by atoms with E-state index in [1.54, 1.807) is 6.07 Å². The molecule has 1 unspecified atom stereocenters. The molecule has 2 N–H and O–H groups in total. The number of hydrogen-bond donors (Lipinski definition) is 2. The first-order valence-electron chi connectivity index (χ1n) is 15.5. The lowest BCUT2D eigenvalue weighted by molar-refractivity contribution is -0.286. The Bertz CT molecular complexity index is 1710. The van der Waals surface area contributed by atoms with Crippen molar-refractivity contribution in [1.29, 1.82) is 0 Å². The van der Waals surface area contributed by atoms with Crippen molar-refractivity contribution < 1.29 is 41.7 Å². The maximum Gasteiger partial charge on any atom is 0.586 e. The molecule has 0 radical (unpaired) electrons. The van der Waals surface area contributed by atoms with Gasteiger partial charge in [-0.15, -0.1) is 8.78 Å². The van der Waals surface area contributed by atoms with Crippen molar-refractivity contribution in [2.45, 2.75) is 70.7 Å². The lowest BCUT2D eigenvalue weighted by Gasteiger charge is -2.20. The maximum atomic E-state index is 15.6. The molecule has 1 atom stereocenters. The third-order valence-electron chi connectivity index (χ3n) is 8.19. The Kier molecular flexibility index (Phi) is 8.63. The first-order valence-corrected chi connectivity index (χ1v) is 15.5. The number of nitrogens with one attached hydrogen (secondary N) is 2. The van der Waals surface area contributed by atoms with Crippen molar-refractivity contribution in [3.8, 4) is 23.3 Å². The van der Waals surface area contributed by atoms with Gasteiger partial charge in [0.2, 0.25) is 5.91 Å². The molecule has 1 amide bonds. The third-order valence-corrected chi connectivity index (χ3v) is 8.19. The highest BCUT2D eigenvalue weighted by Gasteiger charge is 2.53. The van der Waals surface area contributed by atoms with Gasteiger partial charge >= 0.3 is 6.29 Å². The number of anilines is 2. The molecule has 248 valence electrons. The summed E-state index contributed by atoms with van der Waals surface area (Å²) in [5, 5.41) is 5.96. The molecule has 3 aromatic rings. The van der Waals surface area contributed by atoms with Gasteiger partial charge in [-0.05, 0) is 69.9 Å². The van der Waals surface area contributed by atoms with Gasteiger partial charge in [-0.2, -0.15) is 0 Å². The van der Waals surface area contributed by atoms with E-state index in [0.29, 0.717) is 56.0 Å². The van der Waals surface area contributed by atoms with E-state index in [4.69, 9.17) is 14.2 Å². The molecule has 0 aromatic heterocycles. The Morgan fingerprint density at radius 1 is 1.02 bits per heavy atom. The van der Waals surface area contributed by atoms with E-state index >= 15 is 4.39 Å². The van der Waals surface area contributed by atoms with Crippen LogP contribution in [0.25, 0.3) is 0 Å². The molecule has 6 rings (SSSR count). The lowest BCUT2D eigenvalue weighted by Crippen LogP contribution is -2.28. The fourth-order valence-corrected chi connectivity index (χ4v) is 5.54. The van der Waals surface area contributed by atoms with E-state index in [0.717, 1.165) is 5.56 Å². The summed E-state index contributed by atoms with van der Waals surface area (Å²) >= 11 is 0. The average molecular weight is 651 g/mol. The minimum absolute atomic E-state index is 0.0527. The van der Waals surface area contributed by atoms with Crippen LogP contribution in [0.3, 0.4) is 0 Å². The summed E-state index contributed by atoms with van der Waals surface area (Å²) in [5.41, 5.74) is 0.804. The van der Waals surface area contributed by atoms with E-state index < -0.39 is 34.6 Å². The number of carbonyl (C=O) groups excluding carboxylic acids is 1. The number of hydrogen-bond acceptors (Lipinski definition) is 7. The maximum absolute atomic E-state index is 15.6. The molecule has 2 heterocycles. The minimum atomic E-state index is -3.77. The van der Waals surface area contributed by atoms with Gasteiger partial charge in [0.25, 0.3) is 0 Å². The van der Waals surface area contributed by atoms with Gasteiger partial charge in [-0.1, -0.05) is 48.2 Å². The quantitative estimate of drug-likeness (QED) is 0.229. The van der Waals surface area contributed by atoms with Gasteiger partial charge in [0.1, 0.15) is 11.9 Å². The normalized spacial score (nSPS) is 19.9. The zero-order valence-electron chi connectivity index (χ0n) is 26.7. The van der Waals surface area contributed by atoms with Crippen molar-refractivity contribution in [1.82, 2.24) is 0 Å². The monoisotopic (exact) mass is 650 g/mol. The minimum Gasteiger partial charge on any atom is -0.395 e. The van der Waals surface area contributed by atoms with Crippen LogP contribution in [0.1, 0.15) is 57.2 Å². The van der Waals surface area contributed by atoms with Crippen molar-refractivity contribution in [2.24, 2.45) is 5.41 Å². The summed E-state index contributed by atoms with van der Waals surface area (Å²) in [7, 11) is 0. The zero-order valence-corrected chi connectivity index (χ0v) is 26.7. The van der Waals surface area contributed by atoms with Crippen molar-refractivity contribution >= 4 is 17.3 Å². The summed E-state index contributed by atoms with van der Waals surface area (Å²) in [6, 6.07) is 16.9. The van der Waals surface area contributed by atoms with E-state index in [-0.39, 0.29) is 23.3 Å². The van der Waals surface area contributed by atoms with E-state index in [1.165, 1.54) is 24.3 Å². The first kappa shape index (κ1) is 32.7. The lowest BCUT2D eigenvalue weighted by atomic mass is 9.94. The van der Waals surface area contributed by atoms with E-state index in [1.807, 2.05) is 58.0 Å². The molecule has 3 aliphatic rings. The smallest absolute Gasteiger partial charge is 0.395 e. The van der Waals surface area contributed by atoms with Gasteiger partial charge in [-0.25, -0.2) is 4.39 Å². The molecule has 3 aromatic carbocycles. The zero-order chi connectivity index (χ0) is 33.5. The largest absolute Gasteiger partial charge is 0.586 e. The van der Waals surface area contributed by atoms with E-state index in [9.17, 15) is 13.6 Å². The second-order valence-electron chi connectivity index (χ2n) is 13.2. The number of alkyl halides is 2. The highest BCUT2D eigenvalue weighted by molar-refractivity contribution is 6.02. The summed E-state index contributed by atoms with van der Waals surface area (Å²) in [6.07, 6.45) is -3.11. The molecule has 1 saturated carbocycles. The number of ether oxygens (including phenoxy) is 5. The van der Waals surface area contributed by atoms with Crippen LogP contribution in [0.4, 0.5) is 24.5 Å². The van der Waals surface area contributed by atoms with Crippen LogP contribution in [-0.4, -0.2) is 43.9 Å². The van der Waals surface area contributed by atoms with Gasteiger partial charge < -0.3 is 34.3 Å². The van der Waals surface area contributed by atoms with Crippen LogP contribution in [0, 0.1) is 23.1 Å². The summed E-state index contributed by atoms with van der Waals surface area (Å²) < 4.78 is 69.3. The second kappa shape index (κ2) is 12.4. The third kappa shape index (κ3) is 7.67. The number of halogens is 3. The molecule has 0 spiro atoms. The van der Waals surface area contributed by atoms with Crippen LogP contribution in [0.5, 0.6) is 11.5 Å². The Morgan fingerprint density at radius 2 is 1.77 bits per heavy atom. The predicted octanol–water partition coefficient (Wildman–Crippen LogP) is 6.98. The SMILES string of the molecule is CC(C)(C#Cc1cc(NC(=O)C2(c3ccc4c(c3)OC(F)(F)O4)CC2)c(F)cc1NCC1COC(C)(C)O1)COCc1ccccc1. The molecule has 8 nitrogen and oxygen atoms in total. The van der Waals surface area contributed by atoms with Crippen molar-refractivity contribution in [2.75, 3.05) is 30.4 Å². The highest BCUT2D eigenvalue weighted by atomic mass is 19.3. The molecule has 11 heteroatoms. The molecule has 2 fully saturated rings.